The fraction of sp³-hybridized carbons (Fsp3) is 0.600. The van der Waals surface area contributed by atoms with Crippen LogP contribution >= 0.6 is 23.2 Å². The van der Waals surface area contributed by atoms with Gasteiger partial charge in [0.2, 0.25) is 22.4 Å². The Morgan fingerprint density at radius 1 is 1.06 bits per heavy atom. The van der Waals surface area contributed by atoms with Crippen LogP contribution in [0.5, 0.6) is 0 Å². The molecule has 1 aromatic heterocycles. The SMILES string of the molecule is O=C(Nc1nc(Cl)nc(Cl)n1)C1CCCCC1. The Hall–Kier alpha value is -0.940. The summed E-state index contributed by atoms with van der Waals surface area (Å²) < 4.78 is 0. The average molecular weight is 275 g/mol. The molecule has 5 nitrogen and oxygen atoms in total. The molecule has 17 heavy (non-hydrogen) atoms. The summed E-state index contributed by atoms with van der Waals surface area (Å²) in [6, 6.07) is 0. The molecule has 0 aromatic carbocycles. The van der Waals surface area contributed by atoms with Gasteiger partial charge in [0.1, 0.15) is 0 Å². The Morgan fingerprint density at radius 3 is 2.24 bits per heavy atom. The number of nitrogens with zero attached hydrogens (tertiary/aromatic N) is 3. The quantitative estimate of drug-likeness (QED) is 0.901. The second kappa shape index (κ2) is 5.60. The number of anilines is 1. The third-order valence-corrected chi connectivity index (χ3v) is 3.13. The molecule has 0 spiro atoms. The molecule has 0 saturated heterocycles. The number of carbonyl (C=O) groups is 1. The number of nitrogens with one attached hydrogen (secondary N) is 1. The molecule has 0 aliphatic heterocycles. The Labute approximate surface area is 109 Å². The first-order valence-corrected chi connectivity index (χ1v) is 6.28. The number of aromatic nitrogens is 3. The van der Waals surface area contributed by atoms with Crippen LogP contribution in [0.4, 0.5) is 5.95 Å². The summed E-state index contributed by atoms with van der Waals surface area (Å²) in [5.41, 5.74) is 0. The van der Waals surface area contributed by atoms with Crippen LogP contribution in [-0.4, -0.2) is 20.9 Å². The molecule has 0 radical (unpaired) electrons. The first-order valence-electron chi connectivity index (χ1n) is 5.53. The molecule has 0 bridgehead atoms. The molecule has 7 heteroatoms. The lowest BCUT2D eigenvalue weighted by molar-refractivity contribution is -0.120. The van der Waals surface area contributed by atoms with Crippen molar-refractivity contribution in [3.05, 3.63) is 10.6 Å². The lowest BCUT2D eigenvalue weighted by Gasteiger charge is -2.20. The summed E-state index contributed by atoms with van der Waals surface area (Å²) in [7, 11) is 0. The van der Waals surface area contributed by atoms with Crippen LogP contribution in [0.25, 0.3) is 0 Å². The Bertz CT molecular complexity index is 401. The van der Waals surface area contributed by atoms with Gasteiger partial charge in [0.05, 0.1) is 0 Å². The molecule has 1 aliphatic carbocycles. The van der Waals surface area contributed by atoms with Crippen molar-refractivity contribution in [2.24, 2.45) is 5.92 Å². The summed E-state index contributed by atoms with van der Waals surface area (Å²) in [4.78, 5) is 23.1. The van der Waals surface area contributed by atoms with Gasteiger partial charge in [-0.2, -0.15) is 15.0 Å². The van der Waals surface area contributed by atoms with E-state index in [2.05, 4.69) is 20.3 Å². The zero-order valence-electron chi connectivity index (χ0n) is 9.12. The lowest BCUT2D eigenvalue weighted by Crippen LogP contribution is -2.25. The van der Waals surface area contributed by atoms with Gasteiger partial charge in [-0.1, -0.05) is 19.3 Å². The predicted molar refractivity (Wildman–Crippen MR) is 65.1 cm³/mol. The van der Waals surface area contributed by atoms with Crippen molar-refractivity contribution in [2.45, 2.75) is 32.1 Å². The zero-order chi connectivity index (χ0) is 12.3. The largest absolute Gasteiger partial charge is 0.294 e. The highest BCUT2D eigenvalue weighted by molar-refractivity contribution is 6.31. The van der Waals surface area contributed by atoms with E-state index in [4.69, 9.17) is 23.2 Å². The molecule has 1 heterocycles. The van der Waals surface area contributed by atoms with Crippen molar-refractivity contribution in [1.82, 2.24) is 15.0 Å². The molecule has 1 fully saturated rings. The highest BCUT2D eigenvalue weighted by Gasteiger charge is 2.22. The van der Waals surface area contributed by atoms with Crippen LogP contribution in [-0.2, 0) is 4.79 Å². The monoisotopic (exact) mass is 274 g/mol. The third-order valence-electron chi connectivity index (χ3n) is 2.79. The average Bonchev–Trinajstić information content (AvgIpc) is 2.28. The van der Waals surface area contributed by atoms with Crippen molar-refractivity contribution in [3.8, 4) is 0 Å². The minimum atomic E-state index is -0.0666. The summed E-state index contributed by atoms with van der Waals surface area (Å²) in [6.45, 7) is 0. The van der Waals surface area contributed by atoms with Gasteiger partial charge in [0, 0.05) is 5.92 Å². The number of carbonyl (C=O) groups excluding carboxylic acids is 1. The van der Waals surface area contributed by atoms with E-state index in [0.717, 1.165) is 25.7 Å². The van der Waals surface area contributed by atoms with Gasteiger partial charge in [0.25, 0.3) is 0 Å². The maximum atomic E-state index is 11.9. The first kappa shape index (κ1) is 12.5. The fourth-order valence-corrected chi connectivity index (χ4v) is 2.32. The second-order valence-electron chi connectivity index (χ2n) is 4.02. The molecule has 0 unspecified atom stereocenters. The normalized spacial score (nSPS) is 16.8. The van der Waals surface area contributed by atoms with Gasteiger partial charge < -0.3 is 0 Å². The molecule has 92 valence electrons. The first-order chi connectivity index (χ1) is 8.15. The maximum absolute atomic E-state index is 11.9. The lowest BCUT2D eigenvalue weighted by atomic mass is 9.89. The minimum Gasteiger partial charge on any atom is -0.294 e. The zero-order valence-corrected chi connectivity index (χ0v) is 10.6. The van der Waals surface area contributed by atoms with Gasteiger partial charge in [0.15, 0.2) is 0 Å². The Balaban J connectivity index is 2.01. The van der Waals surface area contributed by atoms with E-state index >= 15 is 0 Å². The fourth-order valence-electron chi connectivity index (χ4n) is 1.96. The third kappa shape index (κ3) is 3.51. The molecular weight excluding hydrogens is 263 g/mol. The van der Waals surface area contributed by atoms with Crippen LogP contribution in [0, 0.1) is 5.92 Å². The highest BCUT2D eigenvalue weighted by Crippen LogP contribution is 2.24. The van der Waals surface area contributed by atoms with Crippen molar-refractivity contribution >= 4 is 35.1 Å². The molecule has 1 amide bonds. The highest BCUT2D eigenvalue weighted by atomic mass is 35.5. The smallest absolute Gasteiger partial charge is 0.235 e. The number of amides is 1. The Kier molecular flexibility index (Phi) is 4.12. The molecule has 1 aliphatic rings. The molecule has 1 aromatic rings. The molecule has 2 rings (SSSR count). The van der Waals surface area contributed by atoms with Crippen LogP contribution < -0.4 is 5.32 Å². The summed E-state index contributed by atoms with van der Waals surface area (Å²) >= 11 is 11.2. The van der Waals surface area contributed by atoms with E-state index in [1.807, 2.05) is 0 Å². The Morgan fingerprint density at radius 2 is 1.65 bits per heavy atom. The van der Waals surface area contributed by atoms with Gasteiger partial charge in [-0.05, 0) is 36.0 Å². The summed E-state index contributed by atoms with van der Waals surface area (Å²) in [5, 5.41) is 2.57. The van der Waals surface area contributed by atoms with Crippen LogP contribution in [0.3, 0.4) is 0 Å². The molecular formula is C10H12Cl2N4O. The molecule has 1 saturated carbocycles. The van der Waals surface area contributed by atoms with Gasteiger partial charge in [-0.25, -0.2) is 0 Å². The van der Waals surface area contributed by atoms with E-state index in [0.29, 0.717) is 0 Å². The number of halogens is 2. The van der Waals surface area contributed by atoms with Gasteiger partial charge in [-0.15, -0.1) is 0 Å². The van der Waals surface area contributed by atoms with Crippen LogP contribution in [0.15, 0.2) is 0 Å². The summed E-state index contributed by atoms with van der Waals surface area (Å²) in [6.07, 6.45) is 5.22. The van der Waals surface area contributed by atoms with E-state index in [1.54, 1.807) is 0 Å². The number of hydrogen-bond acceptors (Lipinski definition) is 4. The van der Waals surface area contributed by atoms with Crippen LogP contribution in [0.1, 0.15) is 32.1 Å². The number of hydrogen-bond donors (Lipinski definition) is 1. The predicted octanol–water partition coefficient (Wildman–Crippen LogP) is 2.70. The van der Waals surface area contributed by atoms with Crippen molar-refractivity contribution < 1.29 is 4.79 Å². The van der Waals surface area contributed by atoms with E-state index in [9.17, 15) is 4.79 Å². The maximum Gasteiger partial charge on any atom is 0.235 e. The molecule has 0 atom stereocenters. The van der Waals surface area contributed by atoms with Crippen molar-refractivity contribution in [3.63, 3.8) is 0 Å². The second-order valence-corrected chi connectivity index (χ2v) is 4.70. The topological polar surface area (TPSA) is 67.8 Å². The van der Waals surface area contributed by atoms with Gasteiger partial charge in [-0.3, -0.25) is 10.1 Å². The molecule has 1 N–H and O–H groups in total. The van der Waals surface area contributed by atoms with Crippen molar-refractivity contribution in [1.29, 1.82) is 0 Å². The minimum absolute atomic E-state index is 0.0241. The number of rotatable bonds is 2. The van der Waals surface area contributed by atoms with Crippen molar-refractivity contribution in [2.75, 3.05) is 5.32 Å². The standard InChI is InChI=1S/C10H12Cl2N4O/c11-8-14-9(12)16-10(15-8)13-7(17)6-4-2-1-3-5-6/h6H,1-5H2,(H,13,14,15,16,17). The summed E-state index contributed by atoms with van der Waals surface area (Å²) in [5.74, 6) is 0.0895. The van der Waals surface area contributed by atoms with E-state index in [-0.39, 0.29) is 28.3 Å². The van der Waals surface area contributed by atoms with Gasteiger partial charge >= 0.3 is 0 Å². The van der Waals surface area contributed by atoms with Crippen LogP contribution in [0.2, 0.25) is 10.6 Å². The van der Waals surface area contributed by atoms with E-state index < -0.39 is 0 Å². The van der Waals surface area contributed by atoms with E-state index in [1.165, 1.54) is 6.42 Å².